The van der Waals surface area contributed by atoms with Crippen molar-refractivity contribution < 1.29 is 44.0 Å². The van der Waals surface area contributed by atoms with Crippen LogP contribution in [-0.2, 0) is 16.2 Å². The van der Waals surface area contributed by atoms with Crippen LogP contribution in [0.3, 0.4) is 0 Å². The fraction of sp³-hybridized carbons (Fsp3) is 0.316. The summed E-state index contributed by atoms with van der Waals surface area (Å²) in [6.45, 7) is -1.47. The second-order valence-corrected chi connectivity index (χ2v) is 13.7. The summed E-state index contributed by atoms with van der Waals surface area (Å²) in [5.74, 6) is -0.840. The van der Waals surface area contributed by atoms with E-state index < -0.39 is 75.0 Å². The molecular weight excluding hydrogens is 587 g/mol. The van der Waals surface area contributed by atoms with Crippen LogP contribution in [0.2, 0.25) is 0 Å². The number of β-amino-alcohol motifs (C(OH)–C–C–N with tert-alkyl or cyclic N) is 1. The number of hydrogen-bond donors (Lipinski definition) is 2. The molecule has 0 bridgehead atoms. The Morgan fingerprint density at radius 2 is 1.97 bits per heavy atom. The normalized spacial score (nSPS) is 20.5. The van der Waals surface area contributed by atoms with Gasteiger partial charge in [-0.3, -0.25) is 0 Å². The molecular formula is C19H17F4IN2O6S. The van der Waals surface area contributed by atoms with E-state index in [0.29, 0.717) is 18.2 Å². The third-order valence-electron chi connectivity index (χ3n) is 4.65. The molecule has 1 heterocycles. The van der Waals surface area contributed by atoms with Crippen molar-refractivity contribution >= 4 is 30.3 Å². The topological polar surface area (TPSA) is 120 Å². The van der Waals surface area contributed by atoms with Gasteiger partial charge in [0.1, 0.15) is 0 Å². The van der Waals surface area contributed by atoms with Crippen LogP contribution in [0.1, 0.15) is 11.1 Å². The van der Waals surface area contributed by atoms with Crippen LogP contribution >= 0.6 is 20.2 Å². The molecule has 1 aliphatic rings. The van der Waals surface area contributed by atoms with Gasteiger partial charge in [0.05, 0.1) is 0 Å². The van der Waals surface area contributed by atoms with Crippen molar-refractivity contribution in [3.8, 4) is 17.6 Å². The molecule has 2 N–H and O–H groups in total. The number of benzene rings is 2. The zero-order valence-electron chi connectivity index (χ0n) is 16.8. The van der Waals surface area contributed by atoms with Gasteiger partial charge in [-0.1, -0.05) is 0 Å². The number of alkyl halides is 5. The molecule has 33 heavy (non-hydrogen) atoms. The van der Waals surface area contributed by atoms with Crippen LogP contribution in [0.4, 0.5) is 17.6 Å². The zero-order chi connectivity index (χ0) is 24.6. The van der Waals surface area contributed by atoms with Gasteiger partial charge in [0.15, 0.2) is 0 Å². The third-order valence-corrected chi connectivity index (χ3v) is 12.4. The SMILES string of the molecule is COc1ccc(OI2CN(S(=O)(=O)c3ccc(C(F)(F)F)cc3C#N)C[C@@]2(O)CO)cc1F. The number of rotatable bonds is 6. The van der Waals surface area contributed by atoms with Crippen LogP contribution in [0.5, 0.6) is 11.5 Å². The van der Waals surface area contributed by atoms with E-state index in [2.05, 4.69) is 0 Å². The molecule has 0 aliphatic carbocycles. The van der Waals surface area contributed by atoms with Crippen molar-refractivity contribution in [2.24, 2.45) is 0 Å². The van der Waals surface area contributed by atoms with Crippen LogP contribution in [0, 0.1) is 17.1 Å². The predicted octanol–water partition coefficient (Wildman–Crippen LogP) is 2.87. The van der Waals surface area contributed by atoms with Crippen LogP contribution in [0.25, 0.3) is 0 Å². The third kappa shape index (κ3) is 5.01. The average Bonchev–Trinajstić information content (AvgIpc) is 3.10. The average molecular weight is 604 g/mol. The van der Waals surface area contributed by atoms with E-state index in [-0.39, 0.29) is 16.1 Å². The zero-order valence-corrected chi connectivity index (χ0v) is 19.8. The summed E-state index contributed by atoms with van der Waals surface area (Å²) in [6.07, 6.45) is -4.78. The number of hydrogen-bond acceptors (Lipinski definition) is 7. The molecule has 2 aromatic carbocycles. The van der Waals surface area contributed by atoms with Gasteiger partial charge in [0.2, 0.25) is 0 Å². The Morgan fingerprint density at radius 3 is 2.52 bits per heavy atom. The second-order valence-electron chi connectivity index (χ2n) is 6.82. The van der Waals surface area contributed by atoms with E-state index in [1.165, 1.54) is 25.3 Å². The fourth-order valence-electron chi connectivity index (χ4n) is 2.93. The number of methoxy groups -OCH3 is 1. The number of aliphatic hydroxyl groups excluding tert-OH is 1. The quantitative estimate of drug-likeness (QED) is 0.225. The van der Waals surface area contributed by atoms with Gasteiger partial charge in [-0.2, -0.15) is 0 Å². The molecule has 0 unspecified atom stereocenters. The number of nitrogens with zero attached hydrogens (tertiary/aromatic N) is 2. The Balaban J connectivity index is 1.93. The Hall–Kier alpha value is -2.19. The van der Waals surface area contributed by atoms with Gasteiger partial charge < -0.3 is 0 Å². The summed E-state index contributed by atoms with van der Waals surface area (Å²) in [5.41, 5.74) is -1.91. The molecule has 8 nitrogen and oxygen atoms in total. The number of aliphatic hydroxyl groups is 2. The summed E-state index contributed by atoms with van der Waals surface area (Å²) in [5, 5.41) is 29.7. The first kappa shape index (κ1) is 25.4. The maximum absolute atomic E-state index is 14.0. The van der Waals surface area contributed by atoms with Crippen molar-refractivity contribution in [2.45, 2.75) is 14.7 Å². The molecule has 14 heteroatoms. The van der Waals surface area contributed by atoms with Gasteiger partial charge in [-0.25, -0.2) is 0 Å². The summed E-state index contributed by atoms with van der Waals surface area (Å²) in [7, 11) is -3.27. The molecule has 0 saturated carbocycles. The van der Waals surface area contributed by atoms with Gasteiger partial charge >= 0.3 is 194 Å². The van der Waals surface area contributed by atoms with E-state index in [1.807, 2.05) is 0 Å². The van der Waals surface area contributed by atoms with Crippen molar-refractivity contribution in [2.75, 3.05) is 24.8 Å². The van der Waals surface area contributed by atoms with E-state index in [4.69, 9.17) is 7.80 Å². The van der Waals surface area contributed by atoms with E-state index >= 15 is 0 Å². The first-order chi connectivity index (χ1) is 15.4. The molecule has 3 rings (SSSR count). The number of nitriles is 1. The number of sulfonamides is 1. The van der Waals surface area contributed by atoms with Crippen LogP contribution in [-0.4, -0.2) is 51.4 Å². The molecule has 1 atom stereocenters. The number of halogens is 5. The van der Waals surface area contributed by atoms with Crippen LogP contribution in [0.15, 0.2) is 41.3 Å². The molecule has 1 saturated heterocycles. The van der Waals surface area contributed by atoms with Gasteiger partial charge in [-0.05, 0) is 0 Å². The Kier molecular flexibility index (Phi) is 7.10. The molecule has 1 aliphatic heterocycles. The first-order valence-corrected chi connectivity index (χ1v) is 13.9. The van der Waals surface area contributed by atoms with E-state index in [0.717, 1.165) is 10.4 Å². The summed E-state index contributed by atoms with van der Waals surface area (Å²) in [4.78, 5) is -0.675. The molecule has 0 radical (unpaired) electrons. The van der Waals surface area contributed by atoms with Gasteiger partial charge in [0, 0.05) is 0 Å². The molecule has 1 fully saturated rings. The molecule has 180 valence electrons. The van der Waals surface area contributed by atoms with Crippen molar-refractivity contribution in [1.82, 2.24) is 4.31 Å². The minimum absolute atomic E-state index is 0.0168. The second kappa shape index (κ2) is 9.22. The van der Waals surface area contributed by atoms with Crippen molar-refractivity contribution in [3.05, 3.63) is 53.3 Å². The van der Waals surface area contributed by atoms with Gasteiger partial charge in [-0.15, -0.1) is 0 Å². The molecule has 0 spiro atoms. The van der Waals surface area contributed by atoms with E-state index in [9.17, 15) is 41.5 Å². The standard InChI is InChI=1S/C19H17F4IN2O6S/c1-31-16-4-3-14(7-15(16)20)32-24-11-26(9-18(24,28)10-27)33(29,30)17-5-2-13(19(21,22)23)6-12(17)8-25/h2-7,27-28H,9-11H2,1H3/t18-/m1/s1. The Bertz CT molecular complexity index is 1200. The summed E-state index contributed by atoms with van der Waals surface area (Å²) >= 11 is -3.26. The minimum atomic E-state index is -4.78. The first-order valence-electron chi connectivity index (χ1n) is 8.98. The van der Waals surface area contributed by atoms with Crippen molar-refractivity contribution in [1.29, 1.82) is 5.26 Å². The Morgan fingerprint density at radius 1 is 1.27 bits per heavy atom. The van der Waals surface area contributed by atoms with E-state index in [1.54, 1.807) is 0 Å². The number of ether oxygens (including phenoxy) is 1. The Labute approximate surface area is 193 Å². The van der Waals surface area contributed by atoms with Gasteiger partial charge in [0.25, 0.3) is 0 Å². The van der Waals surface area contributed by atoms with Crippen molar-refractivity contribution in [3.63, 3.8) is 0 Å². The monoisotopic (exact) mass is 604 g/mol. The maximum atomic E-state index is 14.0. The predicted molar refractivity (Wildman–Crippen MR) is 115 cm³/mol. The fourth-order valence-corrected chi connectivity index (χ4v) is 10.4. The molecule has 2 aromatic rings. The molecule has 0 amide bonds. The summed E-state index contributed by atoms with van der Waals surface area (Å²) < 4.78 is 87.9. The van der Waals surface area contributed by atoms with Crippen LogP contribution < -0.4 is 7.80 Å². The summed E-state index contributed by atoms with van der Waals surface area (Å²) in [6, 6.07) is 6.68. The molecule has 0 aromatic heterocycles.